The van der Waals surface area contributed by atoms with E-state index >= 15 is 0 Å². The number of hydrogen-bond donors (Lipinski definition) is 1. The van der Waals surface area contributed by atoms with E-state index in [0.29, 0.717) is 0 Å². The highest BCUT2D eigenvalue weighted by molar-refractivity contribution is 7.80. The Balaban J connectivity index is 2.34. The van der Waals surface area contributed by atoms with Crippen LogP contribution in [0.25, 0.3) is 11.3 Å². The summed E-state index contributed by atoms with van der Waals surface area (Å²) in [5.74, 6) is 0.855. The molecule has 0 spiro atoms. The number of hydrogen-bond acceptors (Lipinski definition) is 2. The van der Waals surface area contributed by atoms with Crippen molar-refractivity contribution in [3.63, 3.8) is 0 Å². The van der Waals surface area contributed by atoms with Gasteiger partial charge in [0.2, 0.25) is 0 Å². The number of nitrogens with zero attached hydrogens (tertiary/aromatic N) is 2. The van der Waals surface area contributed by atoms with Crippen LogP contribution < -0.4 is 0 Å². The lowest BCUT2D eigenvalue weighted by atomic mass is 10.1. The molecule has 0 saturated carbocycles. The van der Waals surface area contributed by atoms with E-state index in [-0.39, 0.29) is 0 Å². The number of rotatable bonds is 3. The van der Waals surface area contributed by atoms with Crippen LogP contribution in [-0.2, 0) is 13.5 Å². The predicted molar refractivity (Wildman–Crippen MR) is 66.2 cm³/mol. The van der Waals surface area contributed by atoms with Crippen molar-refractivity contribution in [1.82, 2.24) is 9.78 Å². The van der Waals surface area contributed by atoms with Crippen molar-refractivity contribution in [2.45, 2.75) is 6.42 Å². The number of aryl methyl sites for hydroxylation is 2. The van der Waals surface area contributed by atoms with Gasteiger partial charge in [-0.25, -0.2) is 0 Å². The minimum Gasteiger partial charge on any atom is -0.272 e. The summed E-state index contributed by atoms with van der Waals surface area (Å²) in [7, 11) is 1.98. The molecule has 15 heavy (non-hydrogen) atoms. The zero-order chi connectivity index (χ0) is 10.7. The van der Waals surface area contributed by atoms with Gasteiger partial charge in [0.05, 0.1) is 5.69 Å². The second kappa shape index (κ2) is 4.53. The molecule has 3 heteroatoms. The van der Waals surface area contributed by atoms with E-state index in [1.807, 2.05) is 29.9 Å². The van der Waals surface area contributed by atoms with Crippen molar-refractivity contribution in [3.8, 4) is 11.3 Å². The Morgan fingerprint density at radius 1 is 1.27 bits per heavy atom. The van der Waals surface area contributed by atoms with Crippen LogP contribution in [0.1, 0.15) is 5.69 Å². The first-order valence-electron chi connectivity index (χ1n) is 5.00. The summed E-state index contributed by atoms with van der Waals surface area (Å²) in [6.07, 6.45) is 0.958. The highest BCUT2D eigenvalue weighted by atomic mass is 32.1. The van der Waals surface area contributed by atoms with Gasteiger partial charge in [-0.05, 0) is 18.2 Å². The fourth-order valence-corrected chi connectivity index (χ4v) is 1.83. The average Bonchev–Trinajstić information content (AvgIpc) is 2.63. The second-order valence-electron chi connectivity index (χ2n) is 3.48. The molecule has 1 aromatic heterocycles. The van der Waals surface area contributed by atoms with E-state index in [4.69, 9.17) is 0 Å². The molecular formula is C12H14N2S. The van der Waals surface area contributed by atoms with Crippen molar-refractivity contribution in [2.75, 3.05) is 5.75 Å². The van der Waals surface area contributed by atoms with Crippen LogP contribution in [0.4, 0.5) is 0 Å². The molecule has 0 fully saturated rings. The molecule has 0 unspecified atom stereocenters. The smallest absolute Gasteiger partial charge is 0.0925 e. The quantitative estimate of drug-likeness (QED) is 0.784. The summed E-state index contributed by atoms with van der Waals surface area (Å²) >= 11 is 4.23. The van der Waals surface area contributed by atoms with Gasteiger partial charge in [-0.3, -0.25) is 4.68 Å². The Hall–Kier alpha value is -1.22. The molecule has 78 valence electrons. The summed E-state index contributed by atoms with van der Waals surface area (Å²) in [5, 5.41) is 4.48. The van der Waals surface area contributed by atoms with Crippen LogP contribution in [0.2, 0.25) is 0 Å². The lowest BCUT2D eigenvalue weighted by Gasteiger charge is -1.95. The highest BCUT2D eigenvalue weighted by Gasteiger charge is 2.05. The maximum atomic E-state index is 4.48. The fraction of sp³-hybridized carbons (Fsp3) is 0.250. The molecule has 0 amide bonds. The van der Waals surface area contributed by atoms with E-state index in [0.717, 1.165) is 17.9 Å². The predicted octanol–water partition coefficient (Wildman–Crippen LogP) is 2.56. The van der Waals surface area contributed by atoms with Crippen molar-refractivity contribution in [1.29, 1.82) is 0 Å². The molecule has 2 nitrogen and oxygen atoms in total. The Kier molecular flexibility index (Phi) is 3.11. The summed E-state index contributed by atoms with van der Waals surface area (Å²) in [4.78, 5) is 0. The van der Waals surface area contributed by atoms with Crippen molar-refractivity contribution >= 4 is 12.6 Å². The highest BCUT2D eigenvalue weighted by Crippen LogP contribution is 2.18. The first kappa shape index (κ1) is 10.3. The lowest BCUT2D eigenvalue weighted by molar-refractivity contribution is 0.722. The molecule has 1 heterocycles. The Morgan fingerprint density at radius 2 is 2.00 bits per heavy atom. The first-order chi connectivity index (χ1) is 7.31. The van der Waals surface area contributed by atoms with Gasteiger partial charge in [-0.2, -0.15) is 17.7 Å². The third kappa shape index (κ3) is 2.23. The molecule has 0 radical (unpaired) electrons. The number of thiol groups is 1. The van der Waals surface area contributed by atoms with E-state index in [1.165, 1.54) is 11.3 Å². The largest absolute Gasteiger partial charge is 0.272 e. The number of aromatic nitrogens is 2. The molecule has 0 N–H and O–H groups in total. The van der Waals surface area contributed by atoms with Gasteiger partial charge in [-0.15, -0.1) is 0 Å². The summed E-state index contributed by atoms with van der Waals surface area (Å²) in [6.45, 7) is 0. The average molecular weight is 218 g/mol. The van der Waals surface area contributed by atoms with Crippen LogP contribution in [0.3, 0.4) is 0 Å². The monoisotopic (exact) mass is 218 g/mol. The van der Waals surface area contributed by atoms with Crippen LogP contribution in [-0.4, -0.2) is 15.5 Å². The molecule has 0 aliphatic rings. The topological polar surface area (TPSA) is 17.8 Å². The minimum atomic E-state index is 0.855. The molecule has 0 aliphatic carbocycles. The third-order valence-corrected chi connectivity index (χ3v) is 2.64. The van der Waals surface area contributed by atoms with Crippen LogP contribution in [0.5, 0.6) is 0 Å². The number of benzene rings is 1. The minimum absolute atomic E-state index is 0.855. The van der Waals surface area contributed by atoms with E-state index in [2.05, 4.69) is 35.9 Å². The van der Waals surface area contributed by atoms with Crippen LogP contribution in [0, 0.1) is 0 Å². The third-order valence-electron chi connectivity index (χ3n) is 2.41. The van der Waals surface area contributed by atoms with Crippen molar-refractivity contribution < 1.29 is 0 Å². The molecule has 2 rings (SSSR count). The molecule has 1 aromatic carbocycles. The van der Waals surface area contributed by atoms with E-state index < -0.39 is 0 Å². The SMILES string of the molecule is Cn1nc(-c2ccccc2)cc1CCS. The molecular weight excluding hydrogens is 204 g/mol. The molecule has 2 aromatic rings. The summed E-state index contributed by atoms with van der Waals surface area (Å²) in [6, 6.07) is 12.4. The lowest BCUT2D eigenvalue weighted by Crippen LogP contribution is -1.98. The Labute approximate surface area is 95.3 Å². The Bertz CT molecular complexity index is 434. The standard InChI is InChI=1S/C12H14N2S/c1-14-11(7-8-15)9-12(13-14)10-5-3-2-4-6-10/h2-6,9,15H,7-8H2,1H3. The molecule has 0 saturated heterocycles. The van der Waals surface area contributed by atoms with Gasteiger partial charge < -0.3 is 0 Å². The molecule has 0 aliphatic heterocycles. The summed E-state index contributed by atoms with van der Waals surface area (Å²) in [5.41, 5.74) is 3.43. The van der Waals surface area contributed by atoms with E-state index in [9.17, 15) is 0 Å². The van der Waals surface area contributed by atoms with Gasteiger partial charge in [-0.1, -0.05) is 30.3 Å². The van der Waals surface area contributed by atoms with E-state index in [1.54, 1.807) is 0 Å². The van der Waals surface area contributed by atoms with Crippen molar-refractivity contribution in [3.05, 3.63) is 42.1 Å². The van der Waals surface area contributed by atoms with Crippen molar-refractivity contribution in [2.24, 2.45) is 7.05 Å². The fourth-order valence-electron chi connectivity index (χ4n) is 1.60. The van der Waals surface area contributed by atoms with Crippen LogP contribution >= 0.6 is 12.6 Å². The normalized spacial score (nSPS) is 10.5. The summed E-state index contributed by atoms with van der Waals surface area (Å²) < 4.78 is 1.93. The second-order valence-corrected chi connectivity index (χ2v) is 3.93. The Morgan fingerprint density at radius 3 is 2.67 bits per heavy atom. The van der Waals surface area contributed by atoms with Gasteiger partial charge >= 0.3 is 0 Å². The van der Waals surface area contributed by atoms with Gasteiger partial charge in [0.15, 0.2) is 0 Å². The zero-order valence-electron chi connectivity index (χ0n) is 8.72. The molecule has 0 bridgehead atoms. The zero-order valence-corrected chi connectivity index (χ0v) is 9.61. The van der Waals surface area contributed by atoms with Gasteiger partial charge in [0.25, 0.3) is 0 Å². The van der Waals surface area contributed by atoms with Gasteiger partial charge in [0.1, 0.15) is 0 Å². The van der Waals surface area contributed by atoms with Gasteiger partial charge in [0, 0.05) is 18.3 Å². The maximum Gasteiger partial charge on any atom is 0.0925 e. The maximum absolute atomic E-state index is 4.48. The first-order valence-corrected chi connectivity index (χ1v) is 5.63. The molecule has 0 atom stereocenters. The van der Waals surface area contributed by atoms with Crippen LogP contribution in [0.15, 0.2) is 36.4 Å².